The minimum atomic E-state index is 0.483. The maximum Gasteiger partial charge on any atom is 0.165 e. The molecule has 3 heteroatoms. The zero-order valence-electron chi connectivity index (χ0n) is 8.13. The molecule has 15 heavy (non-hydrogen) atoms. The summed E-state index contributed by atoms with van der Waals surface area (Å²) in [4.78, 5) is 10.8. The second kappa shape index (κ2) is 4.48. The largest absolute Gasteiger partial charge is 0.165 e. The maximum atomic E-state index is 10.8. The summed E-state index contributed by atoms with van der Waals surface area (Å²) in [7, 11) is 0. The molecule has 2 rings (SSSR count). The van der Waals surface area contributed by atoms with Gasteiger partial charge in [-0.3, -0.25) is 0 Å². The number of quaternary nitrogens is 1. The van der Waals surface area contributed by atoms with Crippen LogP contribution in [-0.4, -0.2) is 0 Å². The highest BCUT2D eigenvalue weighted by Crippen LogP contribution is 2.06. The van der Waals surface area contributed by atoms with Crippen LogP contribution in [0.4, 0.5) is 11.4 Å². The Labute approximate surface area is 87.9 Å². The van der Waals surface area contributed by atoms with Gasteiger partial charge in [0, 0.05) is 24.3 Å². The van der Waals surface area contributed by atoms with Crippen molar-refractivity contribution >= 4 is 11.4 Å². The molecule has 0 saturated heterocycles. The number of nitrogens with one attached hydrogen (secondary N) is 1. The van der Waals surface area contributed by atoms with Gasteiger partial charge in [-0.1, -0.05) is 41.3 Å². The summed E-state index contributed by atoms with van der Waals surface area (Å²) in [6, 6.07) is 18.9. The van der Waals surface area contributed by atoms with E-state index in [0.717, 1.165) is 11.4 Å². The van der Waals surface area contributed by atoms with E-state index in [1.54, 1.807) is 0 Å². The Bertz CT molecular complexity index is 388. The van der Waals surface area contributed by atoms with Crippen molar-refractivity contribution in [2.45, 2.75) is 0 Å². The average molecular weight is 199 g/mol. The maximum absolute atomic E-state index is 10.8. The lowest BCUT2D eigenvalue weighted by atomic mass is 10.2. The van der Waals surface area contributed by atoms with E-state index in [1.807, 2.05) is 60.7 Å². The highest BCUT2D eigenvalue weighted by molar-refractivity contribution is 5.36. The third-order valence-corrected chi connectivity index (χ3v) is 2.19. The molecule has 0 aromatic heterocycles. The Balaban J connectivity index is 2.38. The van der Waals surface area contributed by atoms with Crippen molar-refractivity contribution in [1.29, 1.82) is 0 Å². The Morgan fingerprint density at radius 3 is 1.47 bits per heavy atom. The van der Waals surface area contributed by atoms with Crippen molar-refractivity contribution in [2.75, 3.05) is 0 Å². The zero-order valence-corrected chi connectivity index (χ0v) is 8.13. The predicted octanol–water partition coefficient (Wildman–Crippen LogP) is 2.22. The Morgan fingerprint density at radius 2 is 1.13 bits per heavy atom. The molecule has 0 unspecified atom stereocenters. The van der Waals surface area contributed by atoms with Crippen molar-refractivity contribution < 1.29 is 5.01 Å². The van der Waals surface area contributed by atoms with Crippen molar-refractivity contribution in [2.24, 2.45) is 5.29 Å². The van der Waals surface area contributed by atoms with Crippen molar-refractivity contribution in [3.8, 4) is 0 Å². The van der Waals surface area contributed by atoms with Crippen LogP contribution in [0, 0.1) is 4.91 Å². The molecule has 3 nitrogen and oxygen atoms in total. The summed E-state index contributed by atoms with van der Waals surface area (Å²) in [5.74, 6) is 0. The minimum Gasteiger partial charge on any atom is -0.107 e. The Hall–Kier alpha value is -2.00. The molecular weight excluding hydrogens is 188 g/mol. The quantitative estimate of drug-likeness (QED) is 0.596. The predicted molar refractivity (Wildman–Crippen MR) is 59.0 cm³/mol. The third kappa shape index (κ3) is 2.08. The highest BCUT2D eigenvalue weighted by Gasteiger charge is 2.14. The Kier molecular flexibility index (Phi) is 2.85. The van der Waals surface area contributed by atoms with Crippen LogP contribution in [0.5, 0.6) is 0 Å². The fourth-order valence-corrected chi connectivity index (χ4v) is 1.46. The van der Waals surface area contributed by atoms with E-state index < -0.39 is 0 Å². The number of rotatable bonds is 3. The SMILES string of the molecule is O=N[NH+](c1ccccc1)c1ccccc1. The van der Waals surface area contributed by atoms with E-state index >= 15 is 0 Å². The Morgan fingerprint density at radius 1 is 0.733 bits per heavy atom. The first-order chi connectivity index (χ1) is 7.42. The standard InChI is InChI=1S/C12H10N2O/c15-13-14(11-7-3-1-4-8-11)12-9-5-2-6-10-12/h1-10H/p+1. The summed E-state index contributed by atoms with van der Waals surface area (Å²) in [5, 5.41) is 3.58. The van der Waals surface area contributed by atoms with Crippen LogP contribution in [0.1, 0.15) is 0 Å². The first-order valence-electron chi connectivity index (χ1n) is 4.73. The number of hydrogen-bond donors (Lipinski definition) is 1. The topological polar surface area (TPSA) is 33.9 Å². The molecular formula is C12H11N2O+. The molecule has 0 amide bonds. The van der Waals surface area contributed by atoms with Crippen LogP contribution in [0.15, 0.2) is 65.9 Å². The van der Waals surface area contributed by atoms with Gasteiger partial charge in [0.15, 0.2) is 16.7 Å². The van der Waals surface area contributed by atoms with Crippen LogP contribution in [0.25, 0.3) is 0 Å². The molecule has 0 bridgehead atoms. The van der Waals surface area contributed by atoms with Crippen LogP contribution in [0.2, 0.25) is 0 Å². The molecule has 0 fully saturated rings. The van der Waals surface area contributed by atoms with Crippen LogP contribution in [-0.2, 0) is 0 Å². The van der Waals surface area contributed by atoms with E-state index in [1.165, 1.54) is 0 Å². The number of nitrogens with zero attached hydrogens (tertiary/aromatic N) is 1. The monoisotopic (exact) mass is 199 g/mol. The van der Waals surface area contributed by atoms with Gasteiger partial charge in [0.05, 0.1) is 0 Å². The first kappa shape index (κ1) is 9.55. The van der Waals surface area contributed by atoms with Crippen molar-refractivity contribution in [1.82, 2.24) is 0 Å². The molecule has 0 aliphatic heterocycles. The van der Waals surface area contributed by atoms with E-state index in [9.17, 15) is 4.91 Å². The number of nitroso groups, excluding NO2 is 1. The first-order valence-corrected chi connectivity index (χ1v) is 4.73. The number of benzene rings is 2. The molecule has 0 spiro atoms. The smallest absolute Gasteiger partial charge is 0.107 e. The molecule has 0 atom stereocenters. The van der Waals surface area contributed by atoms with E-state index in [2.05, 4.69) is 5.29 Å². The van der Waals surface area contributed by atoms with Crippen molar-refractivity contribution in [3.05, 3.63) is 65.6 Å². The van der Waals surface area contributed by atoms with Gasteiger partial charge in [0.25, 0.3) is 0 Å². The van der Waals surface area contributed by atoms with Gasteiger partial charge in [0.1, 0.15) is 0 Å². The van der Waals surface area contributed by atoms with E-state index in [-0.39, 0.29) is 0 Å². The molecule has 0 heterocycles. The highest BCUT2D eigenvalue weighted by atomic mass is 16.3. The molecule has 0 aliphatic carbocycles. The normalized spacial score (nSPS) is 10.2. The summed E-state index contributed by atoms with van der Waals surface area (Å²) in [6.07, 6.45) is 0. The molecule has 0 aliphatic rings. The zero-order chi connectivity index (χ0) is 10.5. The lowest BCUT2D eigenvalue weighted by Gasteiger charge is -2.06. The van der Waals surface area contributed by atoms with Crippen molar-refractivity contribution in [3.63, 3.8) is 0 Å². The van der Waals surface area contributed by atoms with Crippen LogP contribution < -0.4 is 5.01 Å². The number of hydrogen-bond acceptors (Lipinski definition) is 2. The molecule has 74 valence electrons. The summed E-state index contributed by atoms with van der Waals surface area (Å²) in [5.41, 5.74) is 1.69. The van der Waals surface area contributed by atoms with Gasteiger partial charge >= 0.3 is 0 Å². The molecule has 1 N–H and O–H groups in total. The summed E-state index contributed by atoms with van der Waals surface area (Å²) in [6.45, 7) is 0. The van der Waals surface area contributed by atoms with Gasteiger partial charge in [-0.2, -0.15) is 0 Å². The second-order valence-electron chi connectivity index (χ2n) is 3.17. The number of para-hydroxylation sites is 2. The van der Waals surface area contributed by atoms with Crippen LogP contribution >= 0.6 is 0 Å². The van der Waals surface area contributed by atoms with Gasteiger partial charge in [-0.25, -0.2) is 0 Å². The average Bonchev–Trinajstić information content (AvgIpc) is 2.33. The van der Waals surface area contributed by atoms with Gasteiger partial charge in [-0.15, -0.1) is 5.01 Å². The molecule has 2 aromatic carbocycles. The van der Waals surface area contributed by atoms with Gasteiger partial charge in [-0.05, 0) is 0 Å². The van der Waals surface area contributed by atoms with Crippen LogP contribution in [0.3, 0.4) is 0 Å². The molecule has 2 aromatic rings. The lowest BCUT2D eigenvalue weighted by Crippen LogP contribution is -2.96. The van der Waals surface area contributed by atoms with Gasteiger partial charge < -0.3 is 0 Å². The second-order valence-corrected chi connectivity index (χ2v) is 3.17. The third-order valence-electron chi connectivity index (χ3n) is 2.19. The fraction of sp³-hybridized carbons (Fsp3) is 0. The summed E-state index contributed by atoms with van der Waals surface area (Å²) < 4.78 is 0. The lowest BCUT2D eigenvalue weighted by molar-refractivity contribution is -0.769. The fourth-order valence-electron chi connectivity index (χ4n) is 1.46. The molecule has 0 saturated carbocycles. The minimum absolute atomic E-state index is 0.483. The van der Waals surface area contributed by atoms with E-state index in [4.69, 9.17) is 0 Å². The molecule has 0 radical (unpaired) electrons. The summed E-state index contributed by atoms with van der Waals surface area (Å²) >= 11 is 0. The van der Waals surface area contributed by atoms with E-state index in [0.29, 0.717) is 5.01 Å². The van der Waals surface area contributed by atoms with Gasteiger partial charge in [0.2, 0.25) is 0 Å².